The summed E-state index contributed by atoms with van der Waals surface area (Å²) >= 11 is 0. The quantitative estimate of drug-likeness (QED) is 0.765. The van der Waals surface area contributed by atoms with E-state index in [9.17, 15) is 13.6 Å². The number of hydrogen-bond donors (Lipinski definition) is 1. The molecule has 0 aromatic carbocycles. The zero-order valence-corrected chi connectivity index (χ0v) is 10.6. The second kappa shape index (κ2) is 4.88. The molecule has 1 saturated carbocycles. The van der Waals surface area contributed by atoms with Gasteiger partial charge in [-0.3, -0.25) is 4.79 Å². The van der Waals surface area contributed by atoms with E-state index in [0.29, 0.717) is 0 Å². The third-order valence-corrected chi connectivity index (χ3v) is 2.95. The van der Waals surface area contributed by atoms with Crippen molar-refractivity contribution in [1.82, 2.24) is 0 Å². The summed E-state index contributed by atoms with van der Waals surface area (Å²) < 4.78 is 31.1. The molecule has 0 radical (unpaired) electrons. The maximum absolute atomic E-state index is 13.0. The largest absolute Gasteiger partial charge is 0.459 e. The summed E-state index contributed by atoms with van der Waals surface area (Å²) in [5, 5.41) is 0. The third-order valence-electron chi connectivity index (χ3n) is 2.95. The Bertz CT molecular complexity index is 277. The molecule has 0 spiro atoms. The summed E-state index contributed by atoms with van der Waals surface area (Å²) in [6, 6.07) is -0.787. The average molecular weight is 249 g/mol. The van der Waals surface area contributed by atoms with Gasteiger partial charge in [0.05, 0.1) is 0 Å². The van der Waals surface area contributed by atoms with E-state index in [4.69, 9.17) is 10.5 Å². The van der Waals surface area contributed by atoms with Crippen molar-refractivity contribution in [2.75, 3.05) is 0 Å². The van der Waals surface area contributed by atoms with Crippen molar-refractivity contribution in [3.8, 4) is 0 Å². The van der Waals surface area contributed by atoms with Crippen LogP contribution in [0.4, 0.5) is 8.78 Å². The Kier molecular flexibility index (Phi) is 4.12. The van der Waals surface area contributed by atoms with Crippen LogP contribution in [0.15, 0.2) is 0 Å². The van der Waals surface area contributed by atoms with Crippen molar-refractivity contribution in [2.45, 2.75) is 64.0 Å². The summed E-state index contributed by atoms with van der Waals surface area (Å²) in [5.41, 5.74) is 5.18. The summed E-state index contributed by atoms with van der Waals surface area (Å²) in [7, 11) is 0. The number of halogens is 2. The topological polar surface area (TPSA) is 52.3 Å². The predicted molar refractivity (Wildman–Crippen MR) is 60.7 cm³/mol. The van der Waals surface area contributed by atoms with Crippen molar-refractivity contribution in [3.05, 3.63) is 0 Å². The Balaban J connectivity index is 2.49. The van der Waals surface area contributed by atoms with E-state index in [-0.39, 0.29) is 31.6 Å². The van der Waals surface area contributed by atoms with Crippen molar-refractivity contribution >= 4 is 5.97 Å². The van der Waals surface area contributed by atoms with Crippen molar-refractivity contribution in [2.24, 2.45) is 11.7 Å². The third kappa shape index (κ3) is 4.58. The van der Waals surface area contributed by atoms with Crippen LogP contribution in [0, 0.1) is 5.92 Å². The predicted octanol–water partition coefficient (Wildman–Crippen LogP) is 2.48. The lowest BCUT2D eigenvalue weighted by Crippen LogP contribution is -2.44. The average Bonchev–Trinajstić information content (AvgIpc) is 2.14. The molecule has 0 amide bonds. The van der Waals surface area contributed by atoms with Gasteiger partial charge in [-0.1, -0.05) is 0 Å². The zero-order valence-electron chi connectivity index (χ0n) is 10.6. The van der Waals surface area contributed by atoms with Crippen LogP contribution in [0.2, 0.25) is 0 Å². The molecule has 0 aromatic heterocycles. The minimum atomic E-state index is -2.59. The molecule has 0 bridgehead atoms. The molecule has 1 aliphatic carbocycles. The second-order valence-electron chi connectivity index (χ2n) is 5.75. The number of esters is 1. The van der Waals surface area contributed by atoms with E-state index >= 15 is 0 Å². The first-order valence-electron chi connectivity index (χ1n) is 5.97. The van der Waals surface area contributed by atoms with Gasteiger partial charge in [-0.05, 0) is 39.5 Å². The molecule has 0 saturated heterocycles. The molecule has 2 N–H and O–H groups in total. The van der Waals surface area contributed by atoms with Gasteiger partial charge in [0.15, 0.2) is 0 Å². The molecule has 0 aromatic rings. The standard InChI is InChI=1S/C12H21F2NO2/c1-11(2,3)17-10(16)9(15)8-4-6-12(13,14)7-5-8/h8-9H,4-7,15H2,1-3H3/t9-/m1/s1. The monoisotopic (exact) mass is 249 g/mol. The first-order valence-corrected chi connectivity index (χ1v) is 5.97. The molecule has 1 atom stereocenters. The van der Waals surface area contributed by atoms with Gasteiger partial charge in [0.2, 0.25) is 5.92 Å². The Hall–Kier alpha value is -0.710. The van der Waals surface area contributed by atoms with Crippen LogP contribution in [-0.2, 0) is 9.53 Å². The minimum Gasteiger partial charge on any atom is -0.459 e. The van der Waals surface area contributed by atoms with E-state index < -0.39 is 23.5 Å². The van der Waals surface area contributed by atoms with E-state index in [2.05, 4.69) is 0 Å². The Morgan fingerprint density at radius 1 is 1.35 bits per heavy atom. The Labute approximate surface area is 101 Å². The molecule has 0 heterocycles. The molecule has 17 heavy (non-hydrogen) atoms. The Morgan fingerprint density at radius 2 is 1.82 bits per heavy atom. The molecule has 1 aliphatic rings. The molecular weight excluding hydrogens is 228 g/mol. The van der Waals surface area contributed by atoms with Crippen molar-refractivity contribution in [1.29, 1.82) is 0 Å². The fraction of sp³-hybridized carbons (Fsp3) is 0.917. The second-order valence-corrected chi connectivity index (χ2v) is 5.75. The fourth-order valence-electron chi connectivity index (χ4n) is 1.98. The van der Waals surface area contributed by atoms with Gasteiger partial charge in [0, 0.05) is 12.8 Å². The summed E-state index contributed by atoms with van der Waals surface area (Å²) in [6.07, 6.45) is 0.198. The van der Waals surface area contributed by atoms with Crippen molar-refractivity contribution in [3.63, 3.8) is 0 Å². The number of hydrogen-bond acceptors (Lipinski definition) is 3. The highest BCUT2D eigenvalue weighted by Gasteiger charge is 2.39. The van der Waals surface area contributed by atoms with Gasteiger partial charge in [-0.15, -0.1) is 0 Å². The van der Waals surface area contributed by atoms with Crippen LogP contribution in [0.3, 0.4) is 0 Å². The van der Waals surface area contributed by atoms with Gasteiger partial charge in [0.25, 0.3) is 0 Å². The highest BCUT2D eigenvalue weighted by Crippen LogP contribution is 2.37. The van der Waals surface area contributed by atoms with E-state index in [0.717, 1.165) is 0 Å². The van der Waals surface area contributed by atoms with Crippen LogP contribution in [0.25, 0.3) is 0 Å². The van der Waals surface area contributed by atoms with Gasteiger partial charge < -0.3 is 10.5 Å². The molecular formula is C12H21F2NO2. The highest BCUT2D eigenvalue weighted by molar-refractivity contribution is 5.76. The van der Waals surface area contributed by atoms with Crippen LogP contribution >= 0.6 is 0 Å². The number of carbonyl (C=O) groups excluding carboxylic acids is 1. The number of nitrogens with two attached hydrogens (primary N) is 1. The van der Waals surface area contributed by atoms with E-state index in [1.54, 1.807) is 20.8 Å². The van der Waals surface area contributed by atoms with Crippen LogP contribution in [0.5, 0.6) is 0 Å². The number of rotatable bonds is 2. The van der Waals surface area contributed by atoms with Gasteiger partial charge in [-0.2, -0.15) is 0 Å². The lowest BCUT2D eigenvalue weighted by molar-refractivity contribution is -0.159. The van der Waals surface area contributed by atoms with E-state index in [1.807, 2.05) is 0 Å². The lowest BCUT2D eigenvalue weighted by Gasteiger charge is -2.32. The maximum atomic E-state index is 13.0. The smallest absolute Gasteiger partial charge is 0.323 e. The van der Waals surface area contributed by atoms with E-state index in [1.165, 1.54) is 0 Å². The lowest BCUT2D eigenvalue weighted by atomic mass is 9.82. The number of carbonyl (C=O) groups is 1. The molecule has 0 aliphatic heterocycles. The normalized spacial score (nSPS) is 23.2. The van der Waals surface area contributed by atoms with Gasteiger partial charge in [-0.25, -0.2) is 8.78 Å². The van der Waals surface area contributed by atoms with Crippen LogP contribution in [-0.4, -0.2) is 23.5 Å². The molecule has 0 unspecified atom stereocenters. The van der Waals surface area contributed by atoms with Crippen LogP contribution in [0.1, 0.15) is 46.5 Å². The van der Waals surface area contributed by atoms with Gasteiger partial charge >= 0.3 is 5.97 Å². The SMILES string of the molecule is CC(C)(C)OC(=O)[C@H](N)C1CCC(F)(F)CC1. The molecule has 1 rings (SSSR count). The molecule has 100 valence electrons. The fourth-order valence-corrected chi connectivity index (χ4v) is 1.98. The molecule has 3 nitrogen and oxygen atoms in total. The van der Waals surface area contributed by atoms with Crippen molar-refractivity contribution < 1.29 is 18.3 Å². The number of alkyl halides is 2. The minimum absolute atomic E-state index is 0.186. The zero-order chi connectivity index (χ0) is 13.3. The molecule has 1 fully saturated rings. The maximum Gasteiger partial charge on any atom is 0.323 e. The molecule has 5 heteroatoms. The Morgan fingerprint density at radius 3 is 2.24 bits per heavy atom. The number of ether oxygens (including phenoxy) is 1. The first kappa shape index (κ1) is 14.4. The van der Waals surface area contributed by atoms with Gasteiger partial charge in [0.1, 0.15) is 11.6 Å². The summed E-state index contributed by atoms with van der Waals surface area (Å²) in [6.45, 7) is 5.27. The van der Waals surface area contributed by atoms with Crippen LogP contribution < -0.4 is 5.73 Å². The highest BCUT2D eigenvalue weighted by atomic mass is 19.3. The summed E-state index contributed by atoms with van der Waals surface area (Å²) in [5.74, 6) is -3.28. The first-order chi connectivity index (χ1) is 7.61. The summed E-state index contributed by atoms with van der Waals surface area (Å²) in [4.78, 5) is 11.7.